The van der Waals surface area contributed by atoms with Crippen molar-refractivity contribution in [3.05, 3.63) is 64.1 Å². The summed E-state index contributed by atoms with van der Waals surface area (Å²) >= 11 is 12.0. The molecule has 4 nitrogen and oxygen atoms in total. The Balaban J connectivity index is 1.55. The standard InChI is InChI=1S/C21H23Cl2NO3/c22-17-5-1-4-16(12-17)13-20(25)24-10-3-8-21(26,9-11-24)15-27-19-7-2-6-18(23)14-19/h1-2,4-7,12,14,26H,3,8-11,13,15H2. The summed E-state index contributed by atoms with van der Waals surface area (Å²) in [4.78, 5) is 14.4. The van der Waals surface area contributed by atoms with Crippen molar-refractivity contribution in [1.82, 2.24) is 4.90 Å². The van der Waals surface area contributed by atoms with Crippen molar-refractivity contribution in [2.45, 2.75) is 31.3 Å². The average molecular weight is 408 g/mol. The summed E-state index contributed by atoms with van der Waals surface area (Å²) in [5.41, 5.74) is -0.0516. The van der Waals surface area contributed by atoms with E-state index in [2.05, 4.69) is 0 Å². The molecule has 0 aliphatic carbocycles. The van der Waals surface area contributed by atoms with E-state index in [4.69, 9.17) is 27.9 Å². The van der Waals surface area contributed by atoms with Crippen LogP contribution in [0.2, 0.25) is 10.0 Å². The minimum absolute atomic E-state index is 0.0530. The maximum absolute atomic E-state index is 12.6. The van der Waals surface area contributed by atoms with Crippen LogP contribution >= 0.6 is 23.2 Å². The number of carbonyl (C=O) groups is 1. The largest absolute Gasteiger partial charge is 0.491 e. The molecule has 0 spiro atoms. The van der Waals surface area contributed by atoms with E-state index in [1.54, 1.807) is 18.2 Å². The maximum Gasteiger partial charge on any atom is 0.226 e. The molecule has 3 rings (SSSR count). The number of carbonyl (C=O) groups excluding carboxylic acids is 1. The van der Waals surface area contributed by atoms with Crippen LogP contribution in [0.5, 0.6) is 5.75 Å². The van der Waals surface area contributed by atoms with Gasteiger partial charge in [-0.1, -0.05) is 41.4 Å². The number of hydrogen-bond donors (Lipinski definition) is 1. The van der Waals surface area contributed by atoms with E-state index in [0.29, 0.717) is 48.1 Å². The van der Waals surface area contributed by atoms with Crippen LogP contribution in [0.25, 0.3) is 0 Å². The van der Waals surface area contributed by atoms with E-state index in [1.165, 1.54) is 0 Å². The number of ether oxygens (including phenoxy) is 1. The predicted molar refractivity (Wildman–Crippen MR) is 107 cm³/mol. The fraction of sp³-hybridized carbons (Fsp3) is 0.381. The molecule has 144 valence electrons. The molecule has 1 aliphatic rings. The second-order valence-electron chi connectivity index (χ2n) is 7.01. The Morgan fingerprint density at radius 3 is 2.56 bits per heavy atom. The van der Waals surface area contributed by atoms with E-state index in [9.17, 15) is 9.90 Å². The number of likely N-dealkylation sites (tertiary alicyclic amines) is 1. The van der Waals surface area contributed by atoms with E-state index in [0.717, 1.165) is 12.0 Å². The van der Waals surface area contributed by atoms with Gasteiger partial charge in [0, 0.05) is 23.1 Å². The van der Waals surface area contributed by atoms with Gasteiger partial charge in [0.1, 0.15) is 18.0 Å². The Hall–Kier alpha value is -1.75. The first-order chi connectivity index (χ1) is 12.9. The Kier molecular flexibility index (Phi) is 6.64. The third-order valence-electron chi connectivity index (χ3n) is 4.82. The molecule has 1 aliphatic heterocycles. The van der Waals surface area contributed by atoms with Crippen molar-refractivity contribution < 1.29 is 14.6 Å². The first-order valence-electron chi connectivity index (χ1n) is 9.07. The molecule has 0 aromatic heterocycles. The summed E-state index contributed by atoms with van der Waals surface area (Å²) in [5.74, 6) is 0.686. The van der Waals surface area contributed by atoms with Gasteiger partial charge in [0.05, 0.1) is 6.42 Å². The highest BCUT2D eigenvalue weighted by molar-refractivity contribution is 6.30. The average Bonchev–Trinajstić information content (AvgIpc) is 2.83. The van der Waals surface area contributed by atoms with Gasteiger partial charge in [0.2, 0.25) is 5.91 Å². The van der Waals surface area contributed by atoms with Gasteiger partial charge in [-0.2, -0.15) is 0 Å². The van der Waals surface area contributed by atoms with Gasteiger partial charge in [-0.15, -0.1) is 0 Å². The molecule has 1 atom stereocenters. The Labute approximate surface area is 169 Å². The van der Waals surface area contributed by atoms with Crippen molar-refractivity contribution >= 4 is 29.1 Å². The topological polar surface area (TPSA) is 49.8 Å². The summed E-state index contributed by atoms with van der Waals surface area (Å²) in [6, 6.07) is 14.5. The number of nitrogens with zero attached hydrogens (tertiary/aromatic N) is 1. The molecule has 2 aromatic rings. The number of aliphatic hydroxyl groups is 1. The van der Waals surface area contributed by atoms with Crippen LogP contribution in [-0.2, 0) is 11.2 Å². The smallest absolute Gasteiger partial charge is 0.226 e. The zero-order chi connectivity index (χ0) is 19.3. The van der Waals surface area contributed by atoms with Gasteiger partial charge in [-0.3, -0.25) is 4.79 Å². The molecule has 2 aromatic carbocycles. The number of amides is 1. The Morgan fingerprint density at radius 1 is 1.07 bits per heavy atom. The van der Waals surface area contributed by atoms with Crippen LogP contribution in [0.4, 0.5) is 0 Å². The molecule has 6 heteroatoms. The van der Waals surface area contributed by atoms with Crippen LogP contribution < -0.4 is 4.74 Å². The third kappa shape index (κ3) is 5.86. The van der Waals surface area contributed by atoms with Crippen LogP contribution in [0.15, 0.2) is 48.5 Å². The minimum Gasteiger partial charge on any atom is -0.491 e. The normalized spacial score (nSPS) is 20.2. The van der Waals surface area contributed by atoms with E-state index >= 15 is 0 Å². The summed E-state index contributed by atoms with van der Waals surface area (Å²) in [6.07, 6.45) is 2.12. The van der Waals surface area contributed by atoms with Gasteiger partial charge in [-0.05, 0) is 55.2 Å². The van der Waals surface area contributed by atoms with Crippen LogP contribution in [0, 0.1) is 0 Å². The van der Waals surface area contributed by atoms with Gasteiger partial charge in [0.25, 0.3) is 0 Å². The lowest BCUT2D eigenvalue weighted by Gasteiger charge is -2.27. The summed E-state index contributed by atoms with van der Waals surface area (Å²) < 4.78 is 5.74. The second kappa shape index (κ2) is 8.96. The van der Waals surface area contributed by atoms with Gasteiger partial charge in [0.15, 0.2) is 0 Å². The Bertz CT molecular complexity index is 799. The van der Waals surface area contributed by atoms with Gasteiger partial charge in [-0.25, -0.2) is 0 Å². The van der Waals surface area contributed by atoms with Crippen molar-refractivity contribution in [3.8, 4) is 5.75 Å². The van der Waals surface area contributed by atoms with Crippen LogP contribution in [-0.4, -0.2) is 41.2 Å². The number of halogens is 2. The number of benzene rings is 2. The predicted octanol–water partition coefficient (Wildman–Crippen LogP) is 4.36. The highest BCUT2D eigenvalue weighted by atomic mass is 35.5. The molecule has 1 unspecified atom stereocenters. The van der Waals surface area contributed by atoms with E-state index in [1.807, 2.05) is 35.2 Å². The lowest BCUT2D eigenvalue weighted by Crippen LogP contribution is -2.38. The fourth-order valence-corrected chi connectivity index (χ4v) is 3.67. The highest BCUT2D eigenvalue weighted by Gasteiger charge is 2.32. The van der Waals surface area contributed by atoms with Crippen molar-refractivity contribution in [1.29, 1.82) is 0 Å². The summed E-state index contributed by atoms with van der Waals surface area (Å²) in [6.45, 7) is 1.33. The second-order valence-corrected chi connectivity index (χ2v) is 7.88. The monoisotopic (exact) mass is 407 g/mol. The Morgan fingerprint density at radius 2 is 1.81 bits per heavy atom. The molecular formula is C21H23Cl2NO3. The molecule has 1 amide bonds. The molecule has 1 saturated heterocycles. The highest BCUT2D eigenvalue weighted by Crippen LogP contribution is 2.25. The minimum atomic E-state index is -0.951. The molecular weight excluding hydrogens is 385 g/mol. The number of rotatable bonds is 5. The zero-order valence-corrected chi connectivity index (χ0v) is 16.5. The van der Waals surface area contributed by atoms with Gasteiger partial charge < -0.3 is 14.7 Å². The molecule has 1 fully saturated rings. The first kappa shape index (κ1) is 20.0. The quantitative estimate of drug-likeness (QED) is 0.800. The molecule has 1 heterocycles. The zero-order valence-electron chi connectivity index (χ0n) is 15.0. The van der Waals surface area contributed by atoms with Crippen LogP contribution in [0.3, 0.4) is 0 Å². The van der Waals surface area contributed by atoms with Gasteiger partial charge >= 0.3 is 0 Å². The maximum atomic E-state index is 12.6. The van der Waals surface area contributed by atoms with Crippen molar-refractivity contribution in [3.63, 3.8) is 0 Å². The van der Waals surface area contributed by atoms with E-state index < -0.39 is 5.60 Å². The van der Waals surface area contributed by atoms with Crippen molar-refractivity contribution in [2.75, 3.05) is 19.7 Å². The molecule has 0 saturated carbocycles. The first-order valence-corrected chi connectivity index (χ1v) is 9.82. The molecule has 0 bridgehead atoms. The number of hydrogen-bond acceptors (Lipinski definition) is 3. The fourth-order valence-electron chi connectivity index (χ4n) is 3.28. The lowest BCUT2D eigenvalue weighted by molar-refractivity contribution is -0.130. The molecule has 1 N–H and O–H groups in total. The SMILES string of the molecule is O=C(Cc1cccc(Cl)c1)N1CCCC(O)(COc2cccc(Cl)c2)CC1. The third-order valence-corrected chi connectivity index (χ3v) is 5.29. The molecule has 0 radical (unpaired) electrons. The lowest BCUT2D eigenvalue weighted by atomic mass is 9.96. The van der Waals surface area contributed by atoms with E-state index in [-0.39, 0.29) is 12.5 Å². The molecule has 27 heavy (non-hydrogen) atoms. The summed E-state index contributed by atoms with van der Waals surface area (Å²) in [5, 5.41) is 12.1. The van der Waals surface area contributed by atoms with Crippen molar-refractivity contribution in [2.24, 2.45) is 0 Å². The summed E-state index contributed by atoms with van der Waals surface area (Å²) in [7, 11) is 0. The van der Waals surface area contributed by atoms with Crippen LogP contribution in [0.1, 0.15) is 24.8 Å².